The summed E-state index contributed by atoms with van der Waals surface area (Å²) in [5.41, 5.74) is 5.36. The van der Waals surface area contributed by atoms with E-state index in [1.807, 2.05) is 0 Å². The summed E-state index contributed by atoms with van der Waals surface area (Å²) in [6.45, 7) is 1.13. The highest BCUT2D eigenvalue weighted by atomic mass is 16.7. The van der Waals surface area contributed by atoms with Crippen molar-refractivity contribution in [3.63, 3.8) is 0 Å². The molecule has 0 spiro atoms. The standard InChI is InChI=1S/C10H13NO4/c1-12-7-4-9-10(15-6-14-9)5-8(7)13-3-2-11/h4-5H,2-3,6,11H2,1H3. The highest BCUT2D eigenvalue weighted by Gasteiger charge is 2.18. The van der Waals surface area contributed by atoms with E-state index >= 15 is 0 Å². The van der Waals surface area contributed by atoms with Gasteiger partial charge in [-0.15, -0.1) is 0 Å². The van der Waals surface area contributed by atoms with Gasteiger partial charge in [-0.3, -0.25) is 0 Å². The Morgan fingerprint density at radius 3 is 2.53 bits per heavy atom. The first kappa shape index (κ1) is 9.92. The predicted molar refractivity (Wildman–Crippen MR) is 53.7 cm³/mol. The smallest absolute Gasteiger partial charge is 0.231 e. The maximum Gasteiger partial charge on any atom is 0.231 e. The van der Waals surface area contributed by atoms with Crippen molar-refractivity contribution in [1.82, 2.24) is 0 Å². The number of hydrogen-bond donors (Lipinski definition) is 1. The van der Waals surface area contributed by atoms with Crippen LogP contribution in [-0.4, -0.2) is 27.1 Å². The van der Waals surface area contributed by atoms with Crippen molar-refractivity contribution in [2.45, 2.75) is 0 Å². The lowest BCUT2D eigenvalue weighted by Gasteiger charge is -2.10. The molecule has 0 saturated carbocycles. The number of nitrogens with two attached hydrogens (primary N) is 1. The number of fused-ring (bicyclic) bond motifs is 1. The molecule has 82 valence electrons. The van der Waals surface area contributed by atoms with Crippen LogP contribution in [0.15, 0.2) is 12.1 Å². The van der Waals surface area contributed by atoms with Gasteiger partial charge in [-0.05, 0) is 0 Å². The zero-order valence-electron chi connectivity index (χ0n) is 8.49. The summed E-state index contributed by atoms with van der Waals surface area (Å²) in [5, 5.41) is 0. The minimum absolute atomic E-state index is 0.235. The molecule has 0 atom stereocenters. The molecule has 0 fully saturated rings. The van der Waals surface area contributed by atoms with Gasteiger partial charge in [0.25, 0.3) is 0 Å². The van der Waals surface area contributed by atoms with Crippen LogP contribution in [0.1, 0.15) is 0 Å². The van der Waals surface area contributed by atoms with Crippen molar-refractivity contribution >= 4 is 0 Å². The molecule has 1 aliphatic heterocycles. The fraction of sp³-hybridized carbons (Fsp3) is 0.400. The second-order valence-corrected chi connectivity index (χ2v) is 2.99. The molecule has 2 rings (SSSR count). The average Bonchev–Trinajstić information content (AvgIpc) is 2.71. The number of ether oxygens (including phenoxy) is 4. The summed E-state index contributed by atoms with van der Waals surface area (Å²) in [7, 11) is 1.58. The van der Waals surface area contributed by atoms with Gasteiger partial charge in [0.2, 0.25) is 6.79 Å². The molecular formula is C10H13NO4. The van der Waals surface area contributed by atoms with Crippen LogP contribution in [0.2, 0.25) is 0 Å². The molecule has 1 aromatic carbocycles. The third-order valence-corrected chi connectivity index (χ3v) is 2.03. The van der Waals surface area contributed by atoms with Crippen LogP contribution in [0.5, 0.6) is 23.0 Å². The first-order valence-corrected chi connectivity index (χ1v) is 4.65. The SMILES string of the molecule is COc1cc2c(cc1OCCN)OCO2. The van der Waals surface area contributed by atoms with E-state index in [0.717, 1.165) is 0 Å². The van der Waals surface area contributed by atoms with E-state index in [9.17, 15) is 0 Å². The monoisotopic (exact) mass is 211 g/mol. The molecular weight excluding hydrogens is 198 g/mol. The lowest BCUT2D eigenvalue weighted by molar-refractivity contribution is 0.173. The summed E-state index contributed by atoms with van der Waals surface area (Å²) < 4.78 is 21.0. The van der Waals surface area contributed by atoms with E-state index in [-0.39, 0.29) is 6.79 Å². The van der Waals surface area contributed by atoms with Gasteiger partial charge in [0, 0.05) is 18.7 Å². The van der Waals surface area contributed by atoms with Gasteiger partial charge in [0.05, 0.1) is 7.11 Å². The van der Waals surface area contributed by atoms with Crippen LogP contribution < -0.4 is 24.7 Å². The maximum atomic E-state index is 5.42. The fourth-order valence-corrected chi connectivity index (χ4v) is 1.35. The summed E-state index contributed by atoms with van der Waals surface area (Å²) >= 11 is 0. The van der Waals surface area contributed by atoms with Crippen LogP contribution in [-0.2, 0) is 0 Å². The van der Waals surface area contributed by atoms with Gasteiger partial charge >= 0.3 is 0 Å². The zero-order chi connectivity index (χ0) is 10.7. The second kappa shape index (κ2) is 4.27. The minimum atomic E-state index is 0.235. The van der Waals surface area contributed by atoms with E-state index in [1.54, 1.807) is 19.2 Å². The lowest BCUT2D eigenvalue weighted by Crippen LogP contribution is -2.11. The Morgan fingerprint density at radius 1 is 1.27 bits per heavy atom. The number of hydrogen-bond acceptors (Lipinski definition) is 5. The molecule has 5 heteroatoms. The van der Waals surface area contributed by atoms with Crippen LogP contribution in [0.25, 0.3) is 0 Å². The first-order valence-electron chi connectivity index (χ1n) is 4.65. The average molecular weight is 211 g/mol. The van der Waals surface area contributed by atoms with Crippen LogP contribution >= 0.6 is 0 Å². The van der Waals surface area contributed by atoms with Gasteiger partial charge in [-0.2, -0.15) is 0 Å². The Labute approximate surface area is 87.7 Å². The van der Waals surface area contributed by atoms with Crippen LogP contribution in [0, 0.1) is 0 Å². The van der Waals surface area contributed by atoms with Gasteiger partial charge in [0.1, 0.15) is 6.61 Å². The molecule has 0 bridgehead atoms. The molecule has 0 radical (unpaired) electrons. The molecule has 1 aromatic rings. The topological polar surface area (TPSA) is 62.9 Å². The van der Waals surface area contributed by atoms with E-state index in [4.69, 9.17) is 24.7 Å². The minimum Gasteiger partial charge on any atom is -0.493 e. The molecule has 0 saturated heterocycles. The van der Waals surface area contributed by atoms with Gasteiger partial charge in [-0.25, -0.2) is 0 Å². The van der Waals surface area contributed by atoms with Crippen LogP contribution in [0.3, 0.4) is 0 Å². The summed E-state index contributed by atoms with van der Waals surface area (Å²) in [6, 6.07) is 3.49. The molecule has 0 aromatic heterocycles. The Hall–Kier alpha value is -1.62. The fourth-order valence-electron chi connectivity index (χ4n) is 1.35. The molecule has 1 heterocycles. The zero-order valence-corrected chi connectivity index (χ0v) is 8.49. The Kier molecular flexibility index (Phi) is 2.82. The van der Waals surface area contributed by atoms with E-state index < -0.39 is 0 Å². The van der Waals surface area contributed by atoms with E-state index in [2.05, 4.69) is 0 Å². The second-order valence-electron chi connectivity index (χ2n) is 2.99. The van der Waals surface area contributed by atoms with Gasteiger partial charge in [0.15, 0.2) is 23.0 Å². The van der Waals surface area contributed by atoms with Gasteiger partial charge in [-0.1, -0.05) is 0 Å². The van der Waals surface area contributed by atoms with E-state index in [1.165, 1.54) is 0 Å². The summed E-state index contributed by atoms with van der Waals surface area (Å²) in [4.78, 5) is 0. The molecule has 15 heavy (non-hydrogen) atoms. The summed E-state index contributed by atoms with van der Waals surface area (Å²) in [5.74, 6) is 2.58. The Morgan fingerprint density at radius 2 is 1.93 bits per heavy atom. The molecule has 2 N–H and O–H groups in total. The van der Waals surface area contributed by atoms with Crippen molar-refractivity contribution < 1.29 is 18.9 Å². The third-order valence-electron chi connectivity index (χ3n) is 2.03. The number of benzene rings is 1. The maximum absolute atomic E-state index is 5.42. The summed E-state index contributed by atoms with van der Waals surface area (Å²) in [6.07, 6.45) is 0. The number of rotatable bonds is 4. The normalized spacial score (nSPS) is 12.7. The van der Waals surface area contributed by atoms with Gasteiger partial charge < -0.3 is 24.7 Å². The molecule has 1 aliphatic rings. The predicted octanol–water partition coefficient (Wildman–Crippen LogP) is 0.761. The van der Waals surface area contributed by atoms with Crippen molar-refractivity contribution in [1.29, 1.82) is 0 Å². The van der Waals surface area contributed by atoms with Crippen molar-refractivity contribution in [2.24, 2.45) is 5.73 Å². The Balaban J connectivity index is 2.27. The molecule has 0 amide bonds. The highest BCUT2D eigenvalue weighted by Crippen LogP contribution is 2.41. The highest BCUT2D eigenvalue weighted by molar-refractivity contribution is 5.55. The molecule has 0 unspecified atom stereocenters. The van der Waals surface area contributed by atoms with Crippen molar-refractivity contribution in [2.75, 3.05) is 27.1 Å². The van der Waals surface area contributed by atoms with Crippen molar-refractivity contribution in [3.05, 3.63) is 12.1 Å². The third kappa shape index (κ3) is 1.92. The quantitative estimate of drug-likeness (QED) is 0.796. The number of methoxy groups -OCH3 is 1. The molecule has 5 nitrogen and oxygen atoms in total. The van der Waals surface area contributed by atoms with Crippen molar-refractivity contribution in [3.8, 4) is 23.0 Å². The van der Waals surface area contributed by atoms with E-state index in [0.29, 0.717) is 36.1 Å². The molecule has 0 aliphatic carbocycles. The largest absolute Gasteiger partial charge is 0.493 e. The lowest BCUT2D eigenvalue weighted by atomic mass is 10.3. The van der Waals surface area contributed by atoms with Crippen LogP contribution in [0.4, 0.5) is 0 Å². The Bertz CT molecular complexity index is 354. The first-order chi connectivity index (χ1) is 7.35.